The van der Waals surface area contributed by atoms with Crippen LogP contribution in [0.4, 0.5) is 8.78 Å². The molecule has 3 heteroatoms. The molecular formula is C8H7F2I. The van der Waals surface area contributed by atoms with E-state index in [4.69, 9.17) is 0 Å². The molecule has 0 aliphatic heterocycles. The summed E-state index contributed by atoms with van der Waals surface area (Å²) >= 11 is 1.15. The van der Waals surface area contributed by atoms with Gasteiger partial charge in [0, 0.05) is 6.42 Å². The molecule has 1 rings (SSSR count). The van der Waals surface area contributed by atoms with E-state index in [0.29, 0.717) is 5.56 Å². The van der Waals surface area contributed by atoms with Gasteiger partial charge in [0.05, 0.1) is 0 Å². The van der Waals surface area contributed by atoms with Gasteiger partial charge in [0.2, 0.25) is 0 Å². The lowest BCUT2D eigenvalue weighted by atomic mass is 10.2. The molecule has 11 heavy (non-hydrogen) atoms. The molecule has 0 saturated carbocycles. The first-order valence-electron chi connectivity index (χ1n) is 3.18. The first-order chi connectivity index (χ1) is 5.08. The van der Waals surface area contributed by atoms with Crippen LogP contribution in [0, 0.1) is 0 Å². The Hall–Kier alpha value is -0.190. The number of hydrogen-bond donors (Lipinski definition) is 0. The van der Waals surface area contributed by atoms with Gasteiger partial charge in [0.1, 0.15) is 0 Å². The van der Waals surface area contributed by atoms with Crippen molar-refractivity contribution in [3.8, 4) is 0 Å². The minimum atomic E-state index is -2.63. The van der Waals surface area contributed by atoms with Gasteiger partial charge in [-0.1, -0.05) is 30.3 Å². The molecule has 0 bridgehead atoms. The van der Waals surface area contributed by atoms with E-state index in [2.05, 4.69) is 0 Å². The number of benzene rings is 1. The topological polar surface area (TPSA) is 0 Å². The molecule has 0 heterocycles. The Kier molecular flexibility index (Phi) is 2.81. The summed E-state index contributed by atoms with van der Waals surface area (Å²) < 4.78 is 22.2. The van der Waals surface area contributed by atoms with Crippen molar-refractivity contribution in [1.82, 2.24) is 0 Å². The first-order valence-corrected chi connectivity index (χ1v) is 4.26. The lowest BCUT2D eigenvalue weighted by Crippen LogP contribution is -2.08. The van der Waals surface area contributed by atoms with Crippen molar-refractivity contribution in [3.63, 3.8) is 0 Å². The zero-order valence-corrected chi connectivity index (χ0v) is 7.89. The molecule has 0 amide bonds. The molecule has 0 unspecified atom stereocenters. The standard InChI is InChI=1S/C8H7F2I/c9-8(10,11)6-7-4-2-1-3-5-7/h1-5H,6H2. The third-order valence-electron chi connectivity index (χ3n) is 1.25. The van der Waals surface area contributed by atoms with E-state index in [1.807, 2.05) is 6.07 Å². The number of rotatable bonds is 2. The fourth-order valence-electron chi connectivity index (χ4n) is 0.827. The lowest BCUT2D eigenvalue weighted by Gasteiger charge is -2.06. The fourth-order valence-corrected chi connectivity index (χ4v) is 1.27. The number of hydrogen-bond acceptors (Lipinski definition) is 0. The summed E-state index contributed by atoms with van der Waals surface area (Å²) in [7, 11) is 0. The minimum Gasteiger partial charge on any atom is -0.195 e. The minimum absolute atomic E-state index is 0.186. The summed E-state index contributed by atoms with van der Waals surface area (Å²) in [5.74, 6) is 0. The highest BCUT2D eigenvalue weighted by Crippen LogP contribution is 2.26. The van der Waals surface area contributed by atoms with E-state index < -0.39 is 3.93 Å². The Morgan fingerprint density at radius 1 is 1.18 bits per heavy atom. The average molecular weight is 268 g/mol. The van der Waals surface area contributed by atoms with Crippen molar-refractivity contribution >= 4 is 22.6 Å². The molecule has 60 valence electrons. The fraction of sp³-hybridized carbons (Fsp3) is 0.250. The maximum absolute atomic E-state index is 12.4. The van der Waals surface area contributed by atoms with E-state index in [-0.39, 0.29) is 6.42 Å². The summed E-state index contributed by atoms with van der Waals surface area (Å²) in [6, 6.07) is 8.74. The summed E-state index contributed by atoms with van der Waals surface area (Å²) in [6.45, 7) is 0. The second-order valence-electron chi connectivity index (χ2n) is 2.28. The van der Waals surface area contributed by atoms with Gasteiger partial charge in [0.15, 0.2) is 0 Å². The van der Waals surface area contributed by atoms with Gasteiger partial charge in [-0.05, 0) is 28.2 Å². The lowest BCUT2D eigenvalue weighted by molar-refractivity contribution is 0.128. The maximum atomic E-state index is 12.4. The molecule has 1 aromatic carbocycles. The molecule has 0 aromatic heterocycles. The van der Waals surface area contributed by atoms with E-state index in [1.165, 1.54) is 0 Å². The Morgan fingerprint density at radius 2 is 1.73 bits per heavy atom. The normalized spacial score (nSPS) is 11.5. The van der Waals surface area contributed by atoms with Crippen LogP contribution in [0.5, 0.6) is 0 Å². The van der Waals surface area contributed by atoms with Crippen LogP contribution in [0.3, 0.4) is 0 Å². The van der Waals surface area contributed by atoms with Gasteiger partial charge in [-0.25, -0.2) is 0 Å². The summed E-state index contributed by atoms with van der Waals surface area (Å²) in [5, 5.41) is 0. The number of alkyl halides is 3. The van der Waals surface area contributed by atoms with Crippen LogP contribution in [-0.2, 0) is 6.42 Å². The first kappa shape index (κ1) is 8.90. The largest absolute Gasteiger partial charge is 0.300 e. The molecule has 1 aromatic rings. The van der Waals surface area contributed by atoms with Crippen molar-refractivity contribution in [1.29, 1.82) is 0 Å². The molecule has 0 spiro atoms. The predicted octanol–water partition coefficient (Wildman–Crippen LogP) is 3.26. The third-order valence-corrected chi connectivity index (χ3v) is 1.63. The van der Waals surface area contributed by atoms with E-state index in [0.717, 1.165) is 22.6 Å². The van der Waals surface area contributed by atoms with Gasteiger partial charge in [0.25, 0.3) is 0 Å². The van der Waals surface area contributed by atoms with Gasteiger partial charge in [-0.3, -0.25) is 0 Å². The van der Waals surface area contributed by atoms with Crippen LogP contribution >= 0.6 is 22.6 Å². The zero-order valence-electron chi connectivity index (χ0n) is 5.73. The SMILES string of the molecule is FC(F)(I)Cc1ccccc1. The molecular weight excluding hydrogens is 261 g/mol. The van der Waals surface area contributed by atoms with Crippen molar-refractivity contribution < 1.29 is 8.78 Å². The Bertz CT molecular complexity index is 215. The Labute approximate surface area is 77.8 Å². The van der Waals surface area contributed by atoms with Gasteiger partial charge in [-0.2, -0.15) is 8.78 Å². The Morgan fingerprint density at radius 3 is 2.18 bits per heavy atom. The molecule has 0 nitrogen and oxygen atoms in total. The van der Waals surface area contributed by atoms with E-state index in [9.17, 15) is 8.78 Å². The van der Waals surface area contributed by atoms with Crippen LogP contribution in [0.25, 0.3) is 0 Å². The smallest absolute Gasteiger partial charge is 0.195 e. The van der Waals surface area contributed by atoms with E-state index >= 15 is 0 Å². The summed E-state index contributed by atoms with van der Waals surface area (Å²) in [4.78, 5) is 0. The monoisotopic (exact) mass is 268 g/mol. The van der Waals surface area contributed by atoms with Crippen LogP contribution in [0.15, 0.2) is 30.3 Å². The molecule has 0 saturated heterocycles. The van der Waals surface area contributed by atoms with Gasteiger partial charge in [-0.15, -0.1) is 0 Å². The second kappa shape index (κ2) is 3.47. The second-order valence-corrected chi connectivity index (χ2v) is 3.86. The molecule has 0 aliphatic carbocycles. The zero-order chi connectivity index (χ0) is 8.32. The molecule has 0 atom stereocenters. The predicted molar refractivity (Wildman–Crippen MR) is 49.1 cm³/mol. The van der Waals surface area contributed by atoms with Crippen molar-refractivity contribution in [2.24, 2.45) is 0 Å². The van der Waals surface area contributed by atoms with Crippen molar-refractivity contribution in [2.45, 2.75) is 10.4 Å². The molecule has 0 aliphatic rings. The van der Waals surface area contributed by atoms with Crippen LogP contribution < -0.4 is 0 Å². The highest BCUT2D eigenvalue weighted by atomic mass is 127. The summed E-state index contributed by atoms with van der Waals surface area (Å²) in [5.41, 5.74) is 0.673. The van der Waals surface area contributed by atoms with Gasteiger partial charge >= 0.3 is 3.93 Å². The van der Waals surface area contributed by atoms with E-state index in [1.54, 1.807) is 24.3 Å². The maximum Gasteiger partial charge on any atom is 0.300 e. The van der Waals surface area contributed by atoms with Gasteiger partial charge < -0.3 is 0 Å². The van der Waals surface area contributed by atoms with Crippen molar-refractivity contribution in [3.05, 3.63) is 35.9 Å². The van der Waals surface area contributed by atoms with Crippen LogP contribution in [0.1, 0.15) is 5.56 Å². The van der Waals surface area contributed by atoms with Crippen LogP contribution in [-0.4, -0.2) is 3.93 Å². The highest BCUT2D eigenvalue weighted by Gasteiger charge is 2.23. The third kappa shape index (κ3) is 3.65. The molecule has 0 N–H and O–H groups in total. The average Bonchev–Trinajstić information content (AvgIpc) is 1.85. The Balaban J connectivity index is 2.66. The molecule has 0 radical (unpaired) electrons. The van der Waals surface area contributed by atoms with Crippen LogP contribution in [0.2, 0.25) is 0 Å². The number of halogens is 3. The molecule has 0 fully saturated rings. The summed E-state index contributed by atoms with van der Waals surface area (Å²) in [6.07, 6.45) is -0.186. The highest BCUT2D eigenvalue weighted by molar-refractivity contribution is 14.1. The quantitative estimate of drug-likeness (QED) is 0.570. The van der Waals surface area contributed by atoms with Crippen molar-refractivity contribution in [2.75, 3.05) is 0 Å².